The smallest absolute Gasteiger partial charge is 0.419 e. The second-order valence-electron chi connectivity index (χ2n) is 32.6. The Morgan fingerprint density at radius 3 is 1.93 bits per heavy atom. The molecule has 0 radical (unpaired) electrons. The number of ether oxygens (including phenoxy) is 2. The van der Waals surface area contributed by atoms with Crippen molar-refractivity contribution in [3.8, 4) is 5.75 Å². The van der Waals surface area contributed by atoms with Gasteiger partial charge in [-0.15, -0.1) is 0 Å². The van der Waals surface area contributed by atoms with Crippen LogP contribution in [0.15, 0.2) is 54.6 Å². The number of nitrogens with one attached hydrogen (secondary N) is 3. The quantitative estimate of drug-likeness (QED) is 0.173. The Morgan fingerprint density at radius 2 is 1.34 bits per heavy atom. The molecule has 2 aromatic rings. The standard InChI is InChI=1S/C80H117F3N12O14/c1-17-49(5)67-75(105)89(11)45-66(98)90(12)58-26-20-19-23-37-94(74(58)104)62(39-50-27-31-52(32-28-50)53-33-34-53)73(103)88(10)44-64(96)84-57(36-30-51-29-35-56(80(81,82)83)63(40-51)108-16)71(101)95-43-55(109-18-2)41-60(95)70(100)86-79(46-78(6,7)47-79)77(107)93(15)68(54-24-21-22-25-54)76(106)92(14)61(72(102)87(8)9)42-65(97)91(13)59(38-48(3)4)69(99)85-67/h19-20,27-29,31-32,35,40,48-49,53-55,57-62,67-68H,17-18,21-26,30,33-34,36-39,41-47H2,1-16H3,(H,84,96)(H,85,99)(H,86,100)/b20-19-/t49-,55+,57+,58-,59-,60-,61-,62-,67-,68-/m0/s1. The molecule has 2 aromatic carbocycles. The molecular formula is C80H117F3N12O14. The van der Waals surface area contributed by atoms with E-state index in [1.807, 2.05) is 65.0 Å². The summed E-state index contributed by atoms with van der Waals surface area (Å²) in [7, 11) is 12.5. The number of fused-ring (bicyclic) bond motifs is 3. The molecule has 0 unspecified atom stereocenters. The number of likely N-dealkylation sites (N-methyl/N-ethyl adjacent to an activating group) is 7. The highest BCUT2D eigenvalue weighted by molar-refractivity contribution is 6.01. The third kappa shape index (κ3) is 20.7. The molecule has 0 aromatic heterocycles. The number of carbonyl (C=O) groups is 12. The van der Waals surface area contributed by atoms with Crippen LogP contribution in [0.3, 0.4) is 0 Å². The van der Waals surface area contributed by atoms with E-state index in [2.05, 4.69) is 16.0 Å². The van der Waals surface area contributed by atoms with Gasteiger partial charge in [-0.2, -0.15) is 13.2 Å². The zero-order valence-corrected chi connectivity index (χ0v) is 66.6. The van der Waals surface area contributed by atoms with Crippen molar-refractivity contribution >= 4 is 70.9 Å². The lowest BCUT2D eigenvalue weighted by molar-refractivity contribution is -0.161. The summed E-state index contributed by atoms with van der Waals surface area (Å²) in [6.45, 7) is 11.6. The molecule has 10 atom stereocenters. The van der Waals surface area contributed by atoms with Crippen molar-refractivity contribution in [1.82, 2.24) is 60.0 Å². The molecule has 26 nitrogen and oxygen atoms in total. The van der Waals surface area contributed by atoms with Gasteiger partial charge < -0.3 is 69.5 Å². The van der Waals surface area contributed by atoms with Crippen molar-refractivity contribution in [3.63, 3.8) is 0 Å². The molecule has 602 valence electrons. The maximum absolute atomic E-state index is 15.8. The van der Waals surface area contributed by atoms with Crippen molar-refractivity contribution in [2.45, 2.75) is 230 Å². The highest BCUT2D eigenvalue weighted by Crippen LogP contribution is 2.50. The minimum absolute atomic E-state index is 0.00513. The van der Waals surface area contributed by atoms with Crippen LogP contribution in [0.5, 0.6) is 5.75 Å². The molecule has 3 aliphatic carbocycles. The largest absolute Gasteiger partial charge is 0.496 e. The molecule has 6 aliphatic rings. The normalized spacial score (nSPS) is 26.9. The van der Waals surface area contributed by atoms with Crippen LogP contribution < -0.4 is 20.7 Å². The van der Waals surface area contributed by atoms with Crippen molar-refractivity contribution in [3.05, 3.63) is 76.9 Å². The lowest BCUT2D eigenvalue weighted by atomic mass is 9.58. The first-order chi connectivity index (χ1) is 51.3. The summed E-state index contributed by atoms with van der Waals surface area (Å²) in [4.78, 5) is 194. The maximum atomic E-state index is 15.8. The third-order valence-electron chi connectivity index (χ3n) is 23.0. The zero-order chi connectivity index (χ0) is 80.5. The number of carbonyl (C=O) groups excluding carboxylic acids is 12. The molecule has 2 bridgehead atoms. The molecule has 29 heteroatoms. The van der Waals surface area contributed by atoms with Gasteiger partial charge in [0.15, 0.2) is 0 Å². The fraction of sp³-hybridized carbons (Fsp3) is 0.675. The highest BCUT2D eigenvalue weighted by atomic mass is 19.4. The first kappa shape index (κ1) is 86.0. The average Bonchev–Trinajstić information content (AvgIpc) is 1.62. The Hall–Kier alpha value is -8.63. The van der Waals surface area contributed by atoms with Gasteiger partial charge >= 0.3 is 6.18 Å². The number of amides is 12. The summed E-state index contributed by atoms with van der Waals surface area (Å²) in [6, 6.07) is 0.414. The van der Waals surface area contributed by atoms with Crippen LogP contribution in [0.25, 0.3) is 0 Å². The van der Waals surface area contributed by atoms with Gasteiger partial charge in [-0.3, -0.25) is 57.5 Å². The van der Waals surface area contributed by atoms with Crippen molar-refractivity contribution in [2.75, 3.05) is 96.3 Å². The number of benzene rings is 2. The maximum Gasteiger partial charge on any atom is 0.419 e. The summed E-state index contributed by atoms with van der Waals surface area (Å²) in [5, 5.41) is 8.80. The molecule has 3 heterocycles. The summed E-state index contributed by atoms with van der Waals surface area (Å²) in [5.74, 6) is -9.59. The van der Waals surface area contributed by atoms with E-state index in [0.717, 1.165) is 41.4 Å². The molecular weight excluding hydrogens is 1410 g/mol. The number of hydrogen-bond donors (Lipinski definition) is 3. The Labute approximate surface area is 640 Å². The fourth-order valence-corrected chi connectivity index (χ4v) is 16.6. The number of methoxy groups -OCH3 is 1. The highest BCUT2D eigenvalue weighted by Gasteiger charge is 2.59. The third-order valence-corrected chi connectivity index (χ3v) is 23.0. The number of halogens is 3. The monoisotopic (exact) mass is 1530 g/mol. The Balaban J connectivity index is 1.23. The van der Waals surface area contributed by atoms with Crippen LogP contribution >= 0.6 is 0 Å². The first-order valence-electron chi connectivity index (χ1n) is 38.7. The van der Waals surface area contributed by atoms with Gasteiger partial charge in [0.1, 0.15) is 59.6 Å². The number of nitrogens with zero attached hydrogens (tertiary/aromatic N) is 9. The molecule has 3 saturated carbocycles. The zero-order valence-electron chi connectivity index (χ0n) is 66.6. The summed E-state index contributed by atoms with van der Waals surface area (Å²) < 4.78 is 54.0. The summed E-state index contributed by atoms with van der Waals surface area (Å²) in [5.41, 5.74) is -1.18. The number of alkyl halides is 3. The lowest BCUT2D eigenvalue weighted by Crippen LogP contribution is -2.71. The predicted molar refractivity (Wildman–Crippen MR) is 401 cm³/mol. The van der Waals surface area contributed by atoms with E-state index in [-0.39, 0.29) is 77.0 Å². The van der Waals surface area contributed by atoms with E-state index in [9.17, 15) is 37.1 Å². The second kappa shape index (κ2) is 36.5. The molecule has 5 fully saturated rings. The molecule has 2 saturated heterocycles. The SMILES string of the molecule is CCO[C@@H]1C[C@H]2C(=O)NC3(CC(C)(C)C3)C(=O)N(C)[C@@H](C3CCCC3)C(=O)N(C)[C@H](C(=O)N(C)C)CC(=O)N(C)[C@@H](CC(C)C)C(=O)N[C@@H]([C@@H](C)CC)C(=O)N(C)CC(=O)N(C)[C@H]3C/C=C\CCN(C3=O)[C@@H](Cc3ccc(C4CC4)cc3)C(=O)N(C)CC(=O)N[C@H](CCc3ccc(C(F)(F)F)c(OC)c3)C(=O)N2C1. The molecule has 12 amide bonds. The van der Waals surface area contributed by atoms with Crippen LogP contribution in [0.4, 0.5) is 13.2 Å². The van der Waals surface area contributed by atoms with Crippen LogP contribution in [0.2, 0.25) is 0 Å². The fourth-order valence-electron chi connectivity index (χ4n) is 16.6. The molecule has 3 aliphatic heterocycles. The van der Waals surface area contributed by atoms with Gasteiger partial charge in [-0.25, -0.2) is 0 Å². The van der Waals surface area contributed by atoms with Crippen LogP contribution in [-0.4, -0.2) is 271 Å². The Bertz CT molecular complexity index is 3680. The average molecular weight is 1530 g/mol. The van der Waals surface area contributed by atoms with Crippen LogP contribution in [-0.2, 0) is 81.3 Å². The lowest BCUT2D eigenvalue weighted by Gasteiger charge is -2.54. The summed E-state index contributed by atoms with van der Waals surface area (Å²) in [6.07, 6.45) is 2.39. The molecule has 1 spiro atoms. The van der Waals surface area contributed by atoms with E-state index in [4.69, 9.17) is 9.47 Å². The van der Waals surface area contributed by atoms with E-state index < -0.39 is 185 Å². The van der Waals surface area contributed by atoms with Gasteiger partial charge in [0.25, 0.3) is 0 Å². The van der Waals surface area contributed by atoms with Gasteiger partial charge in [-0.1, -0.05) is 103 Å². The Morgan fingerprint density at radius 1 is 0.697 bits per heavy atom. The van der Waals surface area contributed by atoms with E-state index in [1.165, 1.54) is 103 Å². The van der Waals surface area contributed by atoms with Crippen molar-refractivity contribution in [2.24, 2.45) is 23.2 Å². The van der Waals surface area contributed by atoms with E-state index >= 15 is 33.6 Å². The number of hydrogen-bond acceptors (Lipinski definition) is 14. The van der Waals surface area contributed by atoms with Crippen molar-refractivity contribution < 1.29 is 80.2 Å². The molecule has 109 heavy (non-hydrogen) atoms. The Kier molecular flexibility index (Phi) is 28.8. The van der Waals surface area contributed by atoms with Crippen molar-refractivity contribution in [1.29, 1.82) is 0 Å². The molecule has 8 rings (SSSR count). The predicted octanol–water partition coefficient (Wildman–Crippen LogP) is 5.96. The second-order valence-corrected chi connectivity index (χ2v) is 32.6. The van der Waals surface area contributed by atoms with Gasteiger partial charge in [0, 0.05) is 88.9 Å². The first-order valence-corrected chi connectivity index (χ1v) is 38.7. The number of aryl methyl sites for hydroxylation is 1. The summed E-state index contributed by atoms with van der Waals surface area (Å²) >= 11 is 0. The van der Waals surface area contributed by atoms with Gasteiger partial charge in [-0.05, 0) is 135 Å². The van der Waals surface area contributed by atoms with Gasteiger partial charge in [0.05, 0.1) is 38.3 Å². The van der Waals surface area contributed by atoms with E-state index in [1.54, 1.807) is 19.9 Å². The number of rotatable bonds is 15. The van der Waals surface area contributed by atoms with E-state index in [0.29, 0.717) is 55.6 Å². The molecule has 3 N–H and O–H groups in total. The van der Waals surface area contributed by atoms with Crippen LogP contribution in [0.1, 0.15) is 173 Å². The topological polar surface area (TPSA) is 289 Å². The minimum atomic E-state index is -4.78. The minimum Gasteiger partial charge on any atom is -0.496 e. The van der Waals surface area contributed by atoms with Gasteiger partial charge in [0.2, 0.25) is 70.9 Å². The van der Waals surface area contributed by atoms with Crippen LogP contribution in [0, 0.1) is 23.2 Å².